The smallest absolute Gasteiger partial charge is 0.305 e. The number of carbonyl (C=O) groups excluding carboxylic acids is 4. The van der Waals surface area contributed by atoms with E-state index < -0.39 is 23.5 Å². The molecule has 0 heterocycles. The Morgan fingerprint density at radius 3 is 2.09 bits per heavy atom. The van der Waals surface area contributed by atoms with Gasteiger partial charge in [0.2, 0.25) is 0 Å². The minimum absolute atomic E-state index is 0.0424. The van der Waals surface area contributed by atoms with Gasteiger partial charge in [-0.1, -0.05) is 24.3 Å². The highest BCUT2D eigenvalue weighted by molar-refractivity contribution is 6.13. The maximum atomic E-state index is 12.9. The first kappa shape index (κ1) is 26.1. The number of carbonyl (C=O) groups is 4. The topological polar surface area (TPSA) is 127 Å². The van der Waals surface area contributed by atoms with Crippen molar-refractivity contribution in [2.75, 3.05) is 13.7 Å². The van der Waals surface area contributed by atoms with Crippen LogP contribution in [0, 0.1) is 5.92 Å². The molecule has 1 unspecified atom stereocenters. The van der Waals surface area contributed by atoms with Crippen LogP contribution in [0.4, 0.5) is 0 Å². The minimum atomic E-state index is -1.13. The van der Waals surface area contributed by atoms with Crippen LogP contribution < -0.4 is 4.74 Å². The molecule has 0 spiro atoms. The number of allylic oxidation sites excluding steroid dienone is 2. The summed E-state index contributed by atoms with van der Waals surface area (Å²) in [4.78, 5) is 48.5. The van der Waals surface area contributed by atoms with Crippen molar-refractivity contribution in [2.45, 2.75) is 19.8 Å². The number of ether oxygens (including phenoxy) is 2. The molecule has 0 saturated carbocycles. The molecule has 0 radical (unpaired) electrons. The largest absolute Gasteiger partial charge is 0.507 e. The Kier molecular flexibility index (Phi) is 9.76. The van der Waals surface area contributed by atoms with Gasteiger partial charge in [-0.25, -0.2) is 0 Å². The molecule has 2 aromatic carbocycles. The van der Waals surface area contributed by atoms with Gasteiger partial charge in [0.05, 0.1) is 25.2 Å². The molecule has 2 N–H and O–H groups in total. The first-order chi connectivity index (χ1) is 16.3. The lowest BCUT2D eigenvalue weighted by Crippen LogP contribution is -2.22. The van der Waals surface area contributed by atoms with Crippen LogP contribution in [-0.2, 0) is 19.1 Å². The van der Waals surface area contributed by atoms with E-state index in [1.165, 1.54) is 61.7 Å². The summed E-state index contributed by atoms with van der Waals surface area (Å²) in [6, 6.07) is 8.77. The van der Waals surface area contributed by atoms with Crippen molar-refractivity contribution >= 4 is 36.0 Å². The molecule has 2 rings (SSSR count). The Morgan fingerprint density at radius 1 is 0.941 bits per heavy atom. The number of methoxy groups -OCH3 is 1. The second kappa shape index (κ2) is 12.7. The van der Waals surface area contributed by atoms with E-state index in [4.69, 9.17) is 9.47 Å². The molecule has 0 aliphatic heterocycles. The van der Waals surface area contributed by atoms with E-state index in [1.807, 2.05) is 0 Å². The van der Waals surface area contributed by atoms with Crippen LogP contribution in [0.25, 0.3) is 12.2 Å². The van der Waals surface area contributed by atoms with Crippen LogP contribution in [0.2, 0.25) is 0 Å². The van der Waals surface area contributed by atoms with E-state index in [0.717, 1.165) is 0 Å². The number of rotatable bonds is 12. The molecule has 0 aliphatic carbocycles. The Labute approximate surface area is 197 Å². The van der Waals surface area contributed by atoms with Gasteiger partial charge in [-0.15, -0.1) is 0 Å². The molecule has 2 aromatic rings. The van der Waals surface area contributed by atoms with Crippen LogP contribution in [0.3, 0.4) is 0 Å². The summed E-state index contributed by atoms with van der Waals surface area (Å²) in [7, 11) is 1.40. The highest BCUT2D eigenvalue weighted by atomic mass is 16.5. The molecular formula is C26H26O8. The van der Waals surface area contributed by atoms with Crippen molar-refractivity contribution in [3.8, 4) is 17.2 Å². The summed E-state index contributed by atoms with van der Waals surface area (Å²) in [5.41, 5.74) is 1.12. The van der Waals surface area contributed by atoms with Crippen LogP contribution in [0.1, 0.15) is 41.3 Å². The van der Waals surface area contributed by atoms with Crippen LogP contribution in [0.5, 0.6) is 17.2 Å². The highest BCUT2D eigenvalue weighted by Gasteiger charge is 2.24. The maximum absolute atomic E-state index is 12.9. The van der Waals surface area contributed by atoms with Gasteiger partial charge >= 0.3 is 5.97 Å². The lowest BCUT2D eigenvalue weighted by atomic mass is 9.92. The van der Waals surface area contributed by atoms with Gasteiger partial charge in [-0.2, -0.15) is 0 Å². The molecule has 0 amide bonds. The summed E-state index contributed by atoms with van der Waals surface area (Å²) < 4.78 is 9.93. The standard InChI is InChI=1S/C26H26O8/c1-3-34-26(32)13-8-20(22(29)10-5-17-4-9-21(28)19(14-17)16-27)23(30)11-6-18-7-12-24(31)25(15-18)33-2/h4-7,9-12,14-16,20,28,31H,3,8,13H2,1-2H3. The molecule has 0 fully saturated rings. The molecule has 1 atom stereocenters. The number of ketones is 2. The number of phenols is 2. The molecule has 0 saturated heterocycles. The average Bonchev–Trinajstić information content (AvgIpc) is 2.83. The van der Waals surface area contributed by atoms with Crippen LogP contribution in [-0.4, -0.2) is 47.8 Å². The van der Waals surface area contributed by atoms with E-state index in [0.29, 0.717) is 17.4 Å². The second-order valence-electron chi connectivity index (χ2n) is 7.24. The van der Waals surface area contributed by atoms with Gasteiger partial charge in [0, 0.05) is 6.42 Å². The Morgan fingerprint density at radius 2 is 1.53 bits per heavy atom. The number of phenolic OH excluding ortho intramolecular Hbond substituents is 2. The summed E-state index contributed by atoms with van der Waals surface area (Å²) >= 11 is 0. The number of aldehydes is 1. The molecule has 178 valence electrons. The van der Waals surface area contributed by atoms with Crippen molar-refractivity contribution < 1.29 is 38.9 Å². The zero-order valence-corrected chi connectivity index (χ0v) is 18.9. The fraction of sp³-hybridized carbons (Fsp3) is 0.231. The summed E-state index contributed by atoms with van der Waals surface area (Å²) in [5, 5.41) is 19.3. The molecule has 34 heavy (non-hydrogen) atoms. The number of aromatic hydroxyl groups is 2. The quantitative estimate of drug-likeness (QED) is 0.210. The van der Waals surface area contributed by atoms with E-state index in [9.17, 15) is 29.4 Å². The monoisotopic (exact) mass is 466 g/mol. The molecule has 8 nitrogen and oxygen atoms in total. The summed E-state index contributed by atoms with van der Waals surface area (Å²) in [6.45, 7) is 1.85. The molecule has 0 bridgehead atoms. The number of hydrogen-bond acceptors (Lipinski definition) is 8. The zero-order chi connectivity index (χ0) is 25.1. The van der Waals surface area contributed by atoms with Gasteiger partial charge in [0.25, 0.3) is 0 Å². The predicted octanol–water partition coefficient (Wildman–Crippen LogP) is 3.74. The normalized spacial score (nSPS) is 11.9. The zero-order valence-electron chi connectivity index (χ0n) is 18.9. The predicted molar refractivity (Wildman–Crippen MR) is 126 cm³/mol. The molecule has 8 heteroatoms. The molecule has 0 aliphatic rings. The number of esters is 1. The third-order valence-corrected chi connectivity index (χ3v) is 4.89. The van der Waals surface area contributed by atoms with Gasteiger partial charge in [-0.05, 0) is 60.9 Å². The van der Waals surface area contributed by atoms with E-state index in [2.05, 4.69) is 0 Å². The second-order valence-corrected chi connectivity index (χ2v) is 7.24. The SMILES string of the molecule is CCOC(=O)CCC(C(=O)C=Cc1ccc(O)c(C=O)c1)C(=O)C=Cc1ccc(O)c(OC)c1. The summed E-state index contributed by atoms with van der Waals surface area (Å²) in [6.07, 6.45) is 5.68. The van der Waals surface area contributed by atoms with E-state index >= 15 is 0 Å². The molecular weight excluding hydrogens is 440 g/mol. The fourth-order valence-electron chi connectivity index (χ4n) is 3.08. The first-order valence-corrected chi connectivity index (χ1v) is 10.5. The van der Waals surface area contributed by atoms with Crippen molar-refractivity contribution in [3.63, 3.8) is 0 Å². The number of hydrogen-bond donors (Lipinski definition) is 2. The lowest BCUT2D eigenvalue weighted by molar-refractivity contribution is -0.143. The minimum Gasteiger partial charge on any atom is -0.507 e. The molecule has 0 aromatic heterocycles. The maximum Gasteiger partial charge on any atom is 0.305 e. The fourth-order valence-corrected chi connectivity index (χ4v) is 3.08. The highest BCUT2D eigenvalue weighted by Crippen LogP contribution is 2.27. The summed E-state index contributed by atoms with van der Waals surface area (Å²) in [5.74, 6) is -2.68. The number of benzene rings is 2. The van der Waals surface area contributed by atoms with Gasteiger partial charge in [0.15, 0.2) is 29.4 Å². The van der Waals surface area contributed by atoms with E-state index in [-0.39, 0.29) is 42.3 Å². The lowest BCUT2D eigenvalue weighted by Gasteiger charge is -2.11. The van der Waals surface area contributed by atoms with Crippen LogP contribution in [0.15, 0.2) is 48.6 Å². The third-order valence-electron chi connectivity index (χ3n) is 4.89. The Bertz CT molecular complexity index is 1110. The Hall–Kier alpha value is -4.20. The van der Waals surface area contributed by atoms with Gasteiger partial charge in [0.1, 0.15) is 5.75 Å². The van der Waals surface area contributed by atoms with Crippen LogP contribution >= 0.6 is 0 Å². The third kappa shape index (κ3) is 7.44. The van der Waals surface area contributed by atoms with Crippen molar-refractivity contribution in [2.24, 2.45) is 5.92 Å². The van der Waals surface area contributed by atoms with E-state index in [1.54, 1.807) is 13.0 Å². The van der Waals surface area contributed by atoms with Crippen molar-refractivity contribution in [1.29, 1.82) is 0 Å². The Balaban J connectivity index is 2.23. The van der Waals surface area contributed by atoms with Crippen molar-refractivity contribution in [1.82, 2.24) is 0 Å². The van der Waals surface area contributed by atoms with Gasteiger partial charge in [-0.3, -0.25) is 19.2 Å². The van der Waals surface area contributed by atoms with Crippen molar-refractivity contribution in [3.05, 3.63) is 65.2 Å². The first-order valence-electron chi connectivity index (χ1n) is 10.5. The van der Waals surface area contributed by atoms with Gasteiger partial charge < -0.3 is 19.7 Å². The average molecular weight is 466 g/mol.